The average molecular weight is 244 g/mol. The number of ether oxygens (including phenoxy) is 2. The lowest BCUT2D eigenvalue weighted by Gasteiger charge is -2.10. The highest BCUT2D eigenvalue weighted by molar-refractivity contribution is 6.33. The van der Waals surface area contributed by atoms with Crippen LogP contribution >= 0.6 is 11.6 Å². The molecular formula is C11H14ClNO3. The third-order valence-corrected chi connectivity index (χ3v) is 2.17. The number of methoxy groups -OCH3 is 1. The Morgan fingerprint density at radius 1 is 1.56 bits per heavy atom. The molecule has 0 aliphatic rings. The summed E-state index contributed by atoms with van der Waals surface area (Å²) < 4.78 is 9.93. The van der Waals surface area contributed by atoms with Gasteiger partial charge in [-0.05, 0) is 25.1 Å². The van der Waals surface area contributed by atoms with Crippen molar-refractivity contribution in [2.24, 2.45) is 5.73 Å². The Hall–Kier alpha value is -1.26. The zero-order valence-electron chi connectivity index (χ0n) is 9.20. The Kier molecular flexibility index (Phi) is 4.58. The van der Waals surface area contributed by atoms with Crippen molar-refractivity contribution in [1.29, 1.82) is 0 Å². The smallest absolute Gasteiger partial charge is 0.339 e. The Morgan fingerprint density at radius 2 is 2.25 bits per heavy atom. The number of hydrogen-bond donors (Lipinski definition) is 1. The third-order valence-electron chi connectivity index (χ3n) is 1.86. The quantitative estimate of drug-likeness (QED) is 0.820. The summed E-state index contributed by atoms with van der Waals surface area (Å²) in [4.78, 5) is 11.2. The van der Waals surface area contributed by atoms with Crippen molar-refractivity contribution in [3.8, 4) is 5.75 Å². The van der Waals surface area contributed by atoms with Gasteiger partial charge >= 0.3 is 5.97 Å². The maximum absolute atomic E-state index is 11.2. The van der Waals surface area contributed by atoms with Crippen LogP contribution in [0.3, 0.4) is 0 Å². The number of esters is 1. The van der Waals surface area contributed by atoms with E-state index in [-0.39, 0.29) is 6.04 Å². The molecule has 4 nitrogen and oxygen atoms in total. The fourth-order valence-electron chi connectivity index (χ4n) is 1.09. The zero-order valence-corrected chi connectivity index (χ0v) is 9.95. The summed E-state index contributed by atoms with van der Waals surface area (Å²) in [7, 11) is 1.30. The standard InChI is InChI=1S/C11H14ClNO3/c1-7(13)6-16-8-3-4-9(10(12)5-8)11(14)15-2/h3-5,7H,6,13H2,1-2H3. The van der Waals surface area contributed by atoms with Gasteiger partial charge in [0.25, 0.3) is 0 Å². The zero-order chi connectivity index (χ0) is 12.1. The highest BCUT2D eigenvalue weighted by Gasteiger charge is 2.11. The van der Waals surface area contributed by atoms with Gasteiger partial charge in [0.15, 0.2) is 0 Å². The minimum Gasteiger partial charge on any atom is -0.492 e. The van der Waals surface area contributed by atoms with E-state index in [0.717, 1.165) is 0 Å². The Balaban J connectivity index is 2.78. The van der Waals surface area contributed by atoms with Gasteiger partial charge in [-0.2, -0.15) is 0 Å². The van der Waals surface area contributed by atoms with Gasteiger partial charge in [-0.1, -0.05) is 11.6 Å². The highest BCUT2D eigenvalue weighted by atomic mass is 35.5. The molecule has 0 radical (unpaired) electrons. The van der Waals surface area contributed by atoms with Crippen molar-refractivity contribution in [2.45, 2.75) is 13.0 Å². The Labute approximate surface area is 99.3 Å². The van der Waals surface area contributed by atoms with Crippen LogP contribution in [0.15, 0.2) is 18.2 Å². The topological polar surface area (TPSA) is 61.5 Å². The normalized spacial score (nSPS) is 12.0. The molecule has 88 valence electrons. The SMILES string of the molecule is COC(=O)c1ccc(OCC(C)N)cc1Cl. The number of nitrogens with two attached hydrogens (primary N) is 1. The van der Waals surface area contributed by atoms with Crippen LogP contribution in [0, 0.1) is 0 Å². The van der Waals surface area contributed by atoms with E-state index in [1.807, 2.05) is 6.92 Å². The molecule has 5 heteroatoms. The molecule has 1 aromatic carbocycles. The van der Waals surface area contributed by atoms with Crippen LogP contribution in [0.2, 0.25) is 5.02 Å². The highest BCUT2D eigenvalue weighted by Crippen LogP contribution is 2.23. The number of halogens is 1. The first-order valence-electron chi connectivity index (χ1n) is 4.81. The van der Waals surface area contributed by atoms with Gasteiger partial charge in [-0.3, -0.25) is 0 Å². The van der Waals surface area contributed by atoms with Crippen LogP contribution in [-0.2, 0) is 4.74 Å². The minimum atomic E-state index is -0.469. The van der Waals surface area contributed by atoms with E-state index in [0.29, 0.717) is 22.9 Å². The van der Waals surface area contributed by atoms with E-state index in [9.17, 15) is 4.79 Å². The monoisotopic (exact) mass is 243 g/mol. The third kappa shape index (κ3) is 3.40. The lowest BCUT2D eigenvalue weighted by Crippen LogP contribution is -2.23. The summed E-state index contributed by atoms with van der Waals surface area (Å²) >= 11 is 5.91. The van der Waals surface area contributed by atoms with Gasteiger partial charge in [0.2, 0.25) is 0 Å². The lowest BCUT2D eigenvalue weighted by atomic mass is 10.2. The minimum absolute atomic E-state index is 0.0564. The first kappa shape index (κ1) is 12.8. The summed E-state index contributed by atoms with van der Waals surface area (Å²) in [6.45, 7) is 2.23. The van der Waals surface area contributed by atoms with Crippen LogP contribution in [-0.4, -0.2) is 25.7 Å². The maximum atomic E-state index is 11.2. The van der Waals surface area contributed by atoms with E-state index in [1.54, 1.807) is 18.2 Å². The van der Waals surface area contributed by atoms with Gasteiger partial charge in [0.1, 0.15) is 12.4 Å². The predicted molar refractivity (Wildman–Crippen MR) is 61.9 cm³/mol. The molecule has 16 heavy (non-hydrogen) atoms. The molecule has 0 bridgehead atoms. The molecule has 0 spiro atoms. The van der Waals surface area contributed by atoms with E-state index in [4.69, 9.17) is 22.1 Å². The van der Waals surface area contributed by atoms with Crippen molar-refractivity contribution in [3.63, 3.8) is 0 Å². The molecule has 0 aliphatic heterocycles. The van der Waals surface area contributed by atoms with Gasteiger partial charge in [-0.25, -0.2) is 4.79 Å². The summed E-state index contributed by atoms with van der Waals surface area (Å²) in [5.41, 5.74) is 5.86. The molecule has 0 fully saturated rings. The van der Waals surface area contributed by atoms with Gasteiger partial charge < -0.3 is 15.2 Å². The van der Waals surface area contributed by atoms with Crippen molar-refractivity contribution >= 4 is 17.6 Å². The number of hydrogen-bond acceptors (Lipinski definition) is 4. The molecule has 0 aromatic heterocycles. The molecule has 1 rings (SSSR count). The summed E-state index contributed by atoms with van der Waals surface area (Å²) in [6.07, 6.45) is 0. The summed E-state index contributed by atoms with van der Waals surface area (Å²) in [6, 6.07) is 4.72. The maximum Gasteiger partial charge on any atom is 0.339 e. The van der Waals surface area contributed by atoms with Gasteiger partial charge in [-0.15, -0.1) is 0 Å². The van der Waals surface area contributed by atoms with Crippen LogP contribution in [0.4, 0.5) is 0 Å². The molecule has 0 amide bonds. The molecule has 1 aromatic rings. The summed E-state index contributed by atoms with van der Waals surface area (Å²) in [5, 5.41) is 0.300. The molecule has 0 aliphatic carbocycles. The average Bonchev–Trinajstić information content (AvgIpc) is 2.25. The molecule has 0 saturated heterocycles. The van der Waals surface area contributed by atoms with Gasteiger partial charge in [0, 0.05) is 6.04 Å². The van der Waals surface area contributed by atoms with Gasteiger partial charge in [0.05, 0.1) is 17.7 Å². The number of benzene rings is 1. The molecule has 0 saturated carbocycles. The van der Waals surface area contributed by atoms with Crippen LogP contribution in [0.5, 0.6) is 5.75 Å². The molecule has 0 heterocycles. The Morgan fingerprint density at radius 3 is 2.75 bits per heavy atom. The predicted octanol–water partition coefficient (Wildman–Crippen LogP) is 1.85. The first-order valence-corrected chi connectivity index (χ1v) is 5.18. The van der Waals surface area contributed by atoms with E-state index < -0.39 is 5.97 Å². The fourth-order valence-corrected chi connectivity index (χ4v) is 1.34. The number of carbonyl (C=O) groups is 1. The van der Waals surface area contributed by atoms with Crippen LogP contribution in [0.1, 0.15) is 17.3 Å². The molecule has 1 atom stereocenters. The van der Waals surface area contributed by atoms with E-state index in [2.05, 4.69) is 4.74 Å². The largest absolute Gasteiger partial charge is 0.492 e. The lowest BCUT2D eigenvalue weighted by molar-refractivity contribution is 0.0601. The molecule has 1 unspecified atom stereocenters. The molecule has 2 N–H and O–H groups in total. The van der Waals surface area contributed by atoms with Crippen LogP contribution in [0.25, 0.3) is 0 Å². The van der Waals surface area contributed by atoms with Crippen molar-refractivity contribution in [3.05, 3.63) is 28.8 Å². The van der Waals surface area contributed by atoms with E-state index in [1.165, 1.54) is 7.11 Å². The van der Waals surface area contributed by atoms with Crippen molar-refractivity contribution < 1.29 is 14.3 Å². The first-order chi connectivity index (χ1) is 7.54. The fraction of sp³-hybridized carbons (Fsp3) is 0.364. The van der Waals surface area contributed by atoms with Crippen molar-refractivity contribution in [1.82, 2.24) is 0 Å². The molecular weight excluding hydrogens is 230 g/mol. The van der Waals surface area contributed by atoms with Crippen LogP contribution < -0.4 is 10.5 Å². The number of carbonyl (C=O) groups excluding carboxylic acids is 1. The second-order valence-corrected chi connectivity index (χ2v) is 3.83. The second kappa shape index (κ2) is 5.72. The summed E-state index contributed by atoms with van der Waals surface area (Å²) in [5.74, 6) is 0.110. The van der Waals surface area contributed by atoms with E-state index >= 15 is 0 Å². The Bertz CT molecular complexity index is 379. The second-order valence-electron chi connectivity index (χ2n) is 3.42. The van der Waals surface area contributed by atoms with Crippen molar-refractivity contribution in [2.75, 3.05) is 13.7 Å². The number of rotatable bonds is 4.